The first-order valence-electron chi connectivity index (χ1n) is 7.90. The lowest BCUT2D eigenvalue weighted by atomic mass is 10.0. The summed E-state index contributed by atoms with van der Waals surface area (Å²) in [4.78, 5) is 32.6. The normalized spacial score (nSPS) is 11.9. The first-order chi connectivity index (χ1) is 11.9. The molecule has 0 radical (unpaired) electrons. The van der Waals surface area contributed by atoms with Crippen LogP contribution in [0.1, 0.15) is 48.1 Å². The van der Waals surface area contributed by atoms with Crippen LogP contribution in [0.4, 0.5) is 0 Å². The number of esters is 1. The van der Waals surface area contributed by atoms with E-state index in [1.807, 2.05) is 0 Å². The van der Waals surface area contributed by atoms with Crippen LogP contribution in [0.2, 0.25) is 5.02 Å². The summed E-state index contributed by atoms with van der Waals surface area (Å²) in [6.45, 7) is 5.31. The van der Waals surface area contributed by atoms with E-state index in [0.717, 1.165) is 0 Å². The van der Waals surface area contributed by atoms with Gasteiger partial charge >= 0.3 is 5.97 Å². The minimum atomic E-state index is -0.629. The van der Waals surface area contributed by atoms with E-state index in [4.69, 9.17) is 16.3 Å². The summed E-state index contributed by atoms with van der Waals surface area (Å²) in [6, 6.07) is 6.41. The number of carbonyl (C=O) groups is 2. The van der Waals surface area contributed by atoms with Gasteiger partial charge < -0.3 is 10.1 Å². The molecule has 0 fully saturated rings. The van der Waals surface area contributed by atoms with Crippen molar-refractivity contribution in [1.29, 1.82) is 0 Å². The van der Waals surface area contributed by atoms with Crippen molar-refractivity contribution in [2.24, 2.45) is 0 Å². The number of aromatic nitrogens is 2. The quantitative estimate of drug-likeness (QED) is 0.799. The second-order valence-electron chi connectivity index (χ2n) is 5.83. The van der Waals surface area contributed by atoms with Gasteiger partial charge in [0.25, 0.3) is 5.91 Å². The predicted octanol–water partition coefficient (Wildman–Crippen LogP) is 3.25. The molecule has 2 aromatic rings. The second-order valence-corrected chi connectivity index (χ2v) is 6.24. The fraction of sp³-hybridized carbons (Fsp3) is 0.333. The van der Waals surface area contributed by atoms with Gasteiger partial charge in [0.2, 0.25) is 0 Å². The van der Waals surface area contributed by atoms with Crippen LogP contribution >= 0.6 is 11.6 Å². The predicted molar refractivity (Wildman–Crippen MR) is 94.3 cm³/mol. The van der Waals surface area contributed by atoms with Gasteiger partial charge in [-0.25, -0.2) is 4.98 Å². The standard InChI is InChI=1S/C18H20ClN3O3/c1-11(2)25-17(23)8-15(13-6-4-5-7-14(13)19)22-18(24)16-10-20-12(3)9-21-16/h4-7,9-11,15H,8H2,1-3H3,(H,22,24)/t15-/m1/s1. The Morgan fingerprint density at radius 3 is 2.52 bits per heavy atom. The van der Waals surface area contributed by atoms with Crippen molar-refractivity contribution in [3.05, 3.63) is 58.6 Å². The fourth-order valence-corrected chi connectivity index (χ4v) is 2.48. The van der Waals surface area contributed by atoms with E-state index in [9.17, 15) is 9.59 Å². The molecular weight excluding hydrogens is 342 g/mol. The summed E-state index contributed by atoms with van der Waals surface area (Å²) in [5, 5.41) is 3.25. The summed E-state index contributed by atoms with van der Waals surface area (Å²) < 4.78 is 5.18. The number of carbonyl (C=O) groups excluding carboxylic acids is 2. The molecule has 1 N–H and O–H groups in total. The van der Waals surface area contributed by atoms with Crippen molar-refractivity contribution in [2.75, 3.05) is 0 Å². The lowest BCUT2D eigenvalue weighted by Gasteiger charge is -2.20. The Morgan fingerprint density at radius 2 is 1.92 bits per heavy atom. The molecule has 6 nitrogen and oxygen atoms in total. The van der Waals surface area contributed by atoms with Crippen molar-refractivity contribution in [1.82, 2.24) is 15.3 Å². The maximum Gasteiger partial charge on any atom is 0.308 e. The van der Waals surface area contributed by atoms with E-state index >= 15 is 0 Å². The van der Waals surface area contributed by atoms with Gasteiger partial charge in [-0.05, 0) is 32.4 Å². The number of amides is 1. The summed E-state index contributed by atoms with van der Waals surface area (Å²) in [6.07, 6.45) is 2.62. The summed E-state index contributed by atoms with van der Waals surface area (Å²) in [7, 11) is 0. The molecule has 0 spiro atoms. The largest absolute Gasteiger partial charge is 0.463 e. The number of rotatable bonds is 6. The molecule has 1 aromatic heterocycles. The van der Waals surface area contributed by atoms with E-state index in [2.05, 4.69) is 15.3 Å². The van der Waals surface area contributed by atoms with Gasteiger partial charge in [-0.1, -0.05) is 29.8 Å². The van der Waals surface area contributed by atoms with E-state index in [-0.39, 0.29) is 18.2 Å². The molecule has 0 saturated heterocycles. The highest BCUT2D eigenvalue weighted by atomic mass is 35.5. The number of hydrogen-bond donors (Lipinski definition) is 1. The van der Waals surface area contributed by atoms with Gasteiger partial charge in [0, 0.05) is 11.2 Å². The van der Waals surface area contributed by atoms with E-state index < -0.39 is 17.9 Å². The van der Waals surface area contributed by atoms with Gasteiger partial charge in [0.1, 0.15) is 5.69 Å². The molecule has 0 unspecified atom stereocenters. The van der Waals surface area contributed by atoms with E-state index in [0.29, 0.717) is 16.3 Å². The smallest absolute Gasteiger partial charge is 0.308 e. The Morgan fingerprint density at radius 1 is 1.20 bits per heavy atom. The SMILES string of the molecule is Cc1cnc(C(=O)N[C@H](CC(=O)OC(C)C)c2ccccc2Cl)cn1. The van der Waals surface area contributed by atoms with Gasteiger partial charge in [0.15, 0.2) is 0 Å². The van der Waals surface area contributed by atoms with Gasteiger partial charge in [-0.3, -0.25) is 14.6 Å². The average Bonchev–Trinajstić information content (AvgIpc) is 2.54. The molecule has 0 aliphatic carbocycles. The molecular formula is C18H20ClN3O3. The Balaban J connectivity index is 2.22. The van der Waals surface area contributed by atoms with E-state index in [1.165, 1.54) is 12.4 Å². The topological polar surface area (TPSA) is 81.2 Å². The number of nitrogens with one attached hydrogen (secondary N) is 1. The first kappa shape index (κ1) is 18.9. The highest BCUT2D eigenvalue weighted by molar-refractivity contribution is 6.31. The van der Waals surface area contributed by atoms with Gasteiger partial charge in [-0.15, -0.1) is 0 Å². The van der Waals surface area contributed by atoms with Crippen LogP contribution in [0, 0.1) is 6.92 Å². The number of halogens is 1. The molecule has 0 saturated carbocycles. The maximum atomic E-state index is 12.4. The molecule has 7 heteroatoms. The van der Waals surface area contributed by atoms with Crippen molar-refractivity contribution < 1.29 is 14.3 Å². The molecule has 25 heavy (non-hydrogen) atoms. The van der Waals surface area contributed by atoms with Gasteiger partial charge in [-0.2, -0.15) is 0 Å². The highest BCUT2D eigenvalue weighted by Crippen LogP contribution is 2.26. The molecule has 0 bridgehead atoms. The molecule has 1 heterocycles. The highest BCUT2D eigenvalue weighted by Gasteiger charge is 2.23. The molecule has 0 aliphatic heterocycles. The van der Waals surface area contributed by atoms with Crippen molar-refractivity contribution in [3.8, 4) is 0 Å². The lowest BCUT2D eigenvalue weighted by Crippen LogP contribution is -2.32. The summed E-state index contributed by atoms with van der Waals surface area (Å²) in [5.74, 6) is -0.857. The minimum Gasteiger partial charge on any atom is -0.463 e. The summed E-state index contributed by atoms with van der Waals surface area (Å²) >= 11 is 6.23. The zero-order valence-electron chi connectivity index (χ0n) is 14.3. The molecule has 1 aromatic carbocycles. The van der Waals surface area contributed by atoms with Crippen molar-refractivity contribution in [3.63, 3.8) is 0 Å². The van der Waals surface area contributed by atoms with Gasteiger partial charge in [0.05, 0.1) is 30.5 Å². The third-order valence-electron chi connectivity index (χ3n) is 3.34. The Hall–Kier alpha value is -2.47. The monoisotopic (exact) mass is 361 g/mol. The van der Waals surface area contributed by atoms with Crippen molar-refractivity contribution in [2.45, 2.75) is 39.3 Å². The number of nitrogens with zero attached hydrogens (tertiary/aromatic N) is 2. The van der Waals surface area contributed by atoms with Crippen LogP contribution < -0.4 is 5.32 Å². The average molecular weight is 362 g/mol. The Kier molecular flexibility index (Phi) is 6.47. The molecule has 1 amide bonds. The number of hydrogen-bond acceptors (Lipinski definition) is 5. The molecule has 1 atom stereocenters. The zero-order valence-corrected chi connectivity index (χ0v) is 15.1. The van der Waals surface area contributed by atoms with Crippen LogP contribution in [0.5, 0.6) is 0 Å². The summed E-state index contributed by atoms with van der Waals surface area (Å²) in [5.41, 5.74) is 1.51. The lowest BCUT2D eigenvalue weighted by molar-refractivity contribution is -0.147. The van der Waals surface area contributed by atoms with E-state index in [1.54, 1.807) is 45.0 Å². The number of benzene rings is 1. The third-order valence-corrected chi connectivity index (χ3v) is 3.68. The zero-order chi connectivity index (χ0) is 18.4. The fourth-order valence-electron chi connectivity index (χ4n) is 2.22. The van der Waals surface area contributed by atoms with Crippen LogP contribution in [0.15, 0.2) is 36.7 Å². The van der Waals surface area contributed by atoms with Crippen molar-refractivity contribution >= 4 is 23.5 Å². The molecule has 2 rings (SSSR count). The molecule has 132 valence electrons. The maximum absolute atomic E-state index is 12.4. The first-order valence-corrected chi connectivity index (χ1v) is 8.28. The number of aryl methyl sites for hydroxylation is 1. The molecule has 0 aliphatic rings. The Labute approximate surface area is 151 Å². The Bertz CT molecular complexity index is 747. The number of ether oxygens (including phenoxy) is 1. The van der Waals surface area contributed by atoms with Crippen LogP contribution in [0.3, 0.4) is 0 Å². The second kappa shape index (κ2) is 8.58. The third kappa shape index (κ3) is 5.53. The van der Waals surface area contributed by atoms with Crippen LogP contribution in [-0.4, -0.2) is 27.9 Å². The van der Waals surface area contributed by atoms with Crippen LogP contribution in [0.25, 0.3) is 0 Å². The minimum absolute atomic E-state index is 0.0348. The van der Waals surface area contributed by atoms with Crippen LogP contribution in [-0.2, 0) is 9.53 Å².